The van der Waals surface area contributed by atoms with E-state index in [9.17, 15) is 22.0 Å². The van der Waals surface area contributed by atoms with Gasteiger partial charge in [0.2, 0.25) is 0 Å². The first-order valence-electron chi connectivity index (χ1n) is 3.51. The van der Waals surface area contributed by atoms with Crippen LogP contribution in [-0.2, 0) is 4.74 Å². The molecule has 6 heteroatoms. The van der Waals surface area contributed by atoms with Gasteiger partial charge in [-0.25, -0.2) is 8.78 Å². The summed E-state index contributed by atoms with van der Waals surface area (Å²) >= 11 is 0. The van der Waals surface area contributed by atoms with Gasteiger partial charge in [-0.15, -0.1) is 0 Å². The van der Waals surface area contributed by atoms with E-state index in [2.05, 4.69) is 4.74 Å². The van der Waals surface area contributed by atoms with Crippen molar-refractivity contribution in [3.8, 4) is 0 Å². The third-order valence-electron chi connectivity index (χ3n) is 1.64. The molecule has 0 saturated carbocycles. The van der Waals surface area contributed by atoms with Crippen molar-refractivity contribution in [1.82, 2.24) is 0 Å². The topological polar surface area (TPSA) is 9.23 Å². The van der Waals surface area contributed by atoms with E-state index < -0.39 is 24.1 Å². The van der Waals surface area contributed by atoms with Crippen molar-refractivity contribution in [3.05, 3.63) is 0 Å². The summed E-state index contributed by atoms with van der Waals surface area (Å²) in [5.41, 5.74) is -2.70. The lowest BCUT2D eigenvalue weighted by atomic mass is 9.97. The standard InChI is InChI=1S/C7H11F5O/c1-5(2,8)6(9,13-3)4-7(10,11)12/h4H2,1-3H3. The average Bonchev–Trinajstić information content (AvgIpc) is 1.81. The predicted molar refractivity (Wildman–Crippen MR) is 36.7 cm³/mol. The van der Waals surface area contributed by atoms with E-state index in [1.54, 1.807) is 0 Å². The molecule has 0 fully saturated rings. The monoisotopic (exact) mass is 206 g/mol. The van der Waals surface area contributed by atoms with Crippen LogP contribution in [0.5, 0.6) is 0 Å². The van der Waals surface area contributed by atoms with E-state index in [0.29, 0.717) is 21.0 Å². The second-order valence-corrected chi connectivity index (χ2v) is 3.20. The molecule has 0 bridgehead atoms. The zero-order chi connectivity index (χ0) is 10.9. The Hall–Kier alpha value is -0.390. The van der Waals surface area contributed by atoms with Crippen molar-refractivity contribution in [1.29, 1.82) is 0 Å². The average molecular weight is 206 g/mol. The molecule has 80 valence electrons. The molecule has 0 N–H and O–H groups in total. The van der Waals surface area contributed by atoms with Gasteiger partial charge < -0.3 is 4.74 Å². The van der Waals surface area contributed by atoms with Crippen LogP contribution in [0.4, 0.5) is 22.0 Å². The smallest absolute Gasteiger partial charge is 0.346 e. The number of alkyl halides is 5. The first-order chi connectivity index (χ1) is 5.52. The van der Waals surface area contributed by atoms with Crippen molar-refractivity contribution < 1.29 is 26.7 Å². The lowest BCUT2D eigenvalue weighted by Gasteiger charge is -2.33. The van der Waals surface area contributed by atoms with Crippen LogP contribution in [0.1, 0.15) is 20.3 Å². The Morgan fingerprint density at radius 3 is 1.46 bits per heavy atom. The van der Waals surface area contributed by atoms with Crippen LogP contribution >= 0.6 is 0 Å². The van der Waals surface area contributed by atoms with Crippen LogP contribution in [0.3, 0.4) is 0 Å². The minimum atomic E-state index is -4.80. The van der Waals surface area contributed by atoms with Crippen molar-refractivity contribution in [2.45, 2.75) is 38.0 Å². The Bertz CT molecular complexity index is 171. The van der Waals surface area contributed by atoms with E-state index in [4.69, 9.17) is 0 Å². The maximum atomic E-state index is 13.2. The molecular weight excluding hydrogens is 195 g/mol. The summed E-state index contributed by atoms with van der Waals surface area (Å²) in [6, 6.07) is 0. The molecule has 0 rings (SSSR count). The third-order valence-corrected chi connectivity index (χ3v) is 1.64. The van der Waals surface area contributed by atoms with Gasteiger partial charge in [-0.2, -0.15) is 13.2 Å². The lowest BCUT2D eigenvalue weighted by molar-refractivity contribution is -0.266. The Balaban J connectivity index is 4.67. The van der Waals surface area contributed by atoms with Crippen LogP contribution in [0.2, 0.25) is 0 Å². The van der Waals surface area contributed by atoms with E-state index in [0.717, 1.165) is 0 Å². The van der Waals surface area contributed by atoms with Gasteiger partial charge in [0, 0.05) is 7.11 Å². The van der Waals surface area contributed by atoms with E-state index in [-0.39, 0.29) is 0 Å². The van der Waals surface area contributed by atoms with Crippen molar-refractivity contribution in [2.75, 3.05) is 7.11 Å². The highest BCUT2D eigenvalue weighted by molar-refractivity contribution is 4.88. The quantitative estimate of drug-likeness (QED) is 0.645. The third kappa shape index (κ3) is 3.46. The van der Waals surface area contributed by atoms with E-state index in [1.165, 1.54) is 0 Å². The Morgan fingerprint density at radius 1 is 1.00 bits per heavy atom. The van der Waals surface area contributed by atoms with Crippen LogP contribution in [0, 0.1) is 0 Å². The van der Waals surface area contributed by atoms with Crippen LogP contribution in [0.15, 0.2) is 0 Å². The van der Waals surface area contributed by atoms with Crippen molar-refractivity contribution in [3.63, 3.8) is 0 Å². The SMILES string of the molecule is COC(F)(CC(F)(F)F)C(C)(C)F. The Morgan fingerprint density at radius 2 is 1.38 bits per heavy atom. The molecule has 0 aliphatic carbocycles. The van der Waals surface area contributed by atoms with Gasteiger partial charge in [-0.05, 0) is 13.8 Å². The summed E-state index contributed by atoms with van der Waals surface area (Å²) < 4.78 is 65.4. The summed E-state index contributed by atoms with van der Waals surface area (Å²) in [4.78, 5) is 0. The fourth-order valence-electron chi connectivity index (χ4n) is 0.783. The van der Waals surface area contributed by atoms with Gasteiger partial charge in [-0.3, -0.25) is 0 Å². The second-order valence-electron chi connectivity index (χ2n) is 3.20. The maximum absolute atomic E-state index is 13.2. The molecule has 1 nitrogen and oxygen atoms in total. The molecule has 0 amide bonds. The summed E-state index contributed by atoms with van der Waals surface area (Å²) in [5.74, 6) is -3.33. The fraction of sp³-hybridized carbons (Fsp3) is 1.00. The van der Waals surface area contributed by atoms with Gasteiger partial charge in [0.15, 0.2) is 5.67 Å². The maximum Gasteiger partial charge on any atom is 0.394 e. The number of hydrogen-bond donors (Lipinski definition) is 0. The number of ether oxygens (including phenoxy) is 1. The number of halogens is 5. The van der Waals surface area contributed by atoms with Gasteiger partial charge in [0.05, 0.1) is 0 Å². The van der Waals surface area contributed by atoms with Gasteiger partial charge in [0.25, 0.3) is 5.85 Å². The Kier molecular flexibility index (Phi) is 3.30. The molecule has 0 aromatic rings. The number of methoxy groups -OCH3 is 1. The van der Waals surface area contributed by atoms with E-state index >= 15 is 0 Å². The number of hydrogen-bond acceptors (Lipinski definition) is 1. The summed E-state index contributed by atoms with van der Waals surface area (Å²) in [6.45, 7) is 1.39. The van der Waals surface area contributed by atoms with Crippen LogP contribution in [0.25, 0.3) is 0 Å². The molecule has 1 atom stereocenters. The predicted octanol–water partition coefficient (Wildman–Crippen LogP) is 3.00. The molecule has 13 heavy (non-hydrogen) atoms. The second kappa shape index (κ2) is 3.40. The van der Waals surface area contributed by atoms with Gasteiger partial charge in [-0.1, -0.05) is 0 Å². The van der Waals surface area contributed by atoms with E-state index in [1.807, 2.05) is 0 Å². The summed E-state index contributed by atoms with van der Waals surface area (Å²) in [6.07, 6.45) is -6.76. The molecule has 0 spiro atoms. The van der Waals surface area contributed by atoms with Gasteiger partial charge in [0.1, 0.15) is 6.42 Å². The van der Waals surface area contributed by atoms with Gasteiger partial charge >= 0.3 is 6.18 Å². The highest BCUT2D eigenvalue weighted by atomic mass is 19.4. The molecule has 0 aromatic carbocycles. The lowest BCUT2D eigenvalue weighted by Crippen LogP contribution is -2.47. The molecule has 0 aliphatic rings. The summed E-state index contributed by atoms with van der Waals surface area (Å²) in [5, 5.41) is 0. The van der Waals surface area contributed by atoms with Crippen LogP contribution in [-0.4, -0.2) is 24.8 Å². The molecule has 0 saturated heterocycles. The molecule has 0 radical (unpaired) electrons. The molecule has 1 unspecified atom stereocenters. The largest absolute Gasteiger partial charge is 0.394 e. The molecule has 0 aliphatic heterocycles. The number of rotatable bonds is 3. The molecule has 0 heterocycles. The Labute approximate surface area is 72.9 Å². The highest BCUT2D eigenvalue weighted by Gasteiger charge is 2.54. The zero-order valence-electron chi connectivity index (χ0n) is 7.51. The first-order valence-corrected chi connectivity index (χ1v) is 3.51. The highest BCUT2D eigenvalue weighted by Crippen LogP contribution is 2.40. The minimum absolute atomic E-state index is 0.697. The van der Waals surface area contributed by atoms with Crippen molar-refractivity contribution >= 4 is 0 Å². The van der Waals surface area contributed by atoms with Crippen LogP contribution < -0.4 is 0 Å². The summed E-state index contributed by atoms with van der Waals surface area (Å²) in [7, 11) is 0.701. The van der Waals surface area contributed by atoms with Crippen molar-refractivity contribution in [2.24, 2.45) is 0 Å². The molecule has 0 aromatic heterocycles. The minimum Gasteiger partial charge on any atom is -0.346 e. The first kappa shape index (κ1) is 12.6. The molecular formula is C7H11F5O. The fourth-order valence-corrected chi connectivity index (χ4v) is 0.783. The zero-order valence-corrected chi connectivity index (χ0v) is 7.51. The normalized spacial score (nSPS) is 18.5.